The van der Waals surface area contributed by atoms with Gasteiger partial charge < -0.3 is 19.9 Å². The van der Waals surface area contributed by atoms with Gasteiger partial charge in [0.2, 0.25) is 0 Å². The molecule has 150 valence electrons. The summed E-state index contributed by atoms with van der Waals surface area (Å²) in [6.07, 6.45) is 7.68. The van der Waals surface area contributed by atoms with Crippen molar-refractivity contribution in [2.24, 2.45) is 5.92 Å². The molecule has 29 heavy (non-hydrogen) atoms. The molecule has 1 atom stereocenters. The summed E-state index contributed by atoms with van der Waals surface area (Å²) in [6, 6.07) is 7.77. The molecule has 7 heteroatoms. The van der Waals surface area contributed by atoms with Crippen LogP contribution in [0.3, 0.4) is 0 Å². The fourth-order valence-corrected chi connectivity index (χ4v) is 4.38. The Labute approximate surface area is 169 Å². The molecule has 0 saturated carbocycles. The molecule has 0 bridgehead atoms. The summed E-state index contributed by atoms with van der Waals surface area (Å²) in [7, 11) is 0. The summed E-state index contributed by atoms with van der Waals surface area (Å²) >= 11 is 0. The highest BCUT2D eigenvalue weighted by molar-refractivity contribution is 5.94. The third-order valence-electron chi connectivity index (χ3n) is 5.87. The average molecular weight is 391 g/mol. The fraction of sp³-hybridized carbons (Fsp3) is 0.409. The number of carbonyl (C=O) groups is 1. The lowest BCUT2D eigenvalue weighted by Gasteiger charge is -2.34. The van der Waals surface area contributed by atoms with E-state index < -0.39 is 0 Å². The van der Waals surface area contributed by atoms with Crippen LogP contribution >= 0.6 is 0 Å². The summed E-state index contributed by atoms with van der Waals surface area (Å²) in [5.74, 6) is 2.28. The maximum Gasteiger partial charge on any atom is 0.251 e. The predicted octanol–water partition coefficient (Wildman–Crippen LogP) is 2.93. The lowest BCUT2D eigenvalue weighted by atomic mass is 9.97. The topological polar surface area (TPSA) is 83.1 Å². The smallest absolute Gasteiger partial charge is 0.251 e. The largest absolute Gasteiger partial charge is 0.493 e. The SMILES string of the molecule is O=C(NC[C@H]1CCCN(c2ncnc3[nH]ccc23)C1)c1ccc2c(c1)CCCO2. The minimum Gasteiger partial charge on any atom is -0.493 e. The van der Waals surface area contributed by atoms with Crippen molar-refractivity contribution in [3.8, 4) is 5.75 Å². The van der Waals surface area contributed by atoms with Crippen LogP contribution in [0.15, 0.2) is 36.8 Å². The molecule has 1 fully saturated rings. The van der Waals surface area contributed by atoms with Crippen molar-refractivity contribution in [1.82, 2.24) is 20.3 Å². The highest BCUT2D eigenvalue weighted by atomic mass is 16.5. The highest BCUT2D eigenvalue weighted by Gasteiger charge is 2.23. The molecule has 1 amide bonds. The maximum absolute atomic E-state index is 12.7. The molecule has 4 heterocycles. The predicted molar refractivity (Wildman–Crippen MR) is 111 cm³/mol. The number of fused-ring (bicyclic) bond motifs is 2. The lowest BCUT2D eigenvalue weighted by molar-refractivity contribution is 0.0945. The van der Waals surface area contributed by atoms with Gasteiger partial charge in [0.15, 0.2) is 0 Å². The Balaban J connectivity index is 1.23. The number of benzene rings is 1. The van der Waals surface area contributed by atoms with Crippen molar-refractivity contribution in [2.45, 2.75) is 25.7 Å². The first-order valence-corrected chi connectivity index (χ1v) is 10.3. The van der Waals surface area contributed by atoms with Crippen LogP contribution in [0, 0.1) is 5.92 Å². The van der Waals surface area contributed by atoms with E-state index in [1.165, 1.54) is 0 Å². The van der Waals surface area contributed by atoms with Gasteiger partial charge in [-0.25, -0.2) is 9.97 Å². The number of aromatic amines is 1. The second-order valence-corrected chi connectivity index (χ2v) is 7.88. The van der Waals surface area contributed by atoms with Gasteiger partial charge in [-0.2, -0.15) is 0 Å². The van der Waals surface area contributed by atoms with Gasteiger partial charge in [-0.05, 0) is 61.4 Å². The number of ether oxygens (including phenoxy) is 1. The molecule has 2 aliphatic heterocycles. The number of H-pyrrole nitrogens is 1. The maximum atomic E-state index is 12.7. The Morgan fingerprint density at radius 2 is 2.24 bits per heavy atom. The molecule has 0 unspecified atom stereocenters. The van der Waals surface area contributed by atoms with E-state index in [1.807, 2.05) is 30.5 Å². The Bertz CT molecular complexity index is 1030. The van der Waals surface area contributed by atoms with Crippen LogP contribution in [-0.4, -0.2) is 47.1 Å². The Morgan fingerprint density at radius 1 is 1.28 bits per heavy atom. The number of hydrogen-bond acceptors (Lipinski definition) is 5. The van der Waals surface area contributed by atoms with Crippen molar-refractivity contribution >= 4 is 22.8 Å². The van der Waals surface area contributed by atoms with Gasteiger partial charge >= 0.3 is 0 Å². The van der Waals surface area contributed by atoms with E-state index in [0.29, 0.717) is 18.0 Å². The van der Waals surface area contributed by atoms with Crippen LogP contribution in [0.5, 0.6) is 5.75 Å². The summed E-state index contributed by atoms with van der Waals surface area (Å²) in [5, 5.41) is 4.18. The van der Waals surface area contributed by atoms with Gasteiger partial charge in [0.25, 0.3) is 5.91 Å². The number of nitrogens with one attached hydrogen (secondary N) is 2. The van der Waals surface area contributed by atoms with Gasteiger partial charge in [0.05, 0.1) is 12.0 Å². The Morgan fingerprint density at radius 3 is 3.21 bits per heavy atom. The molecule has 1 saturated heterocycles. The van der Waals surface area contributed by atoms with Crippen LogP contribution < -0.4 is 15.0 Å². The number of rotatable bonds is 4. The molecule has 2 aliphatic rings. The van der Waals surface area contributed by atoms with E-state index in [4.69, 9.17) is 4.74 Å². The van der Waals surface area contributed by atoms with Crippen molar-refractivity contribution < 1.29 is 9.53 Å². The number of nitrogens with zero attached hydrogens (tertiary/aromatic N) is 3. The van der Waals surface area contributed by atoms with Gasteiger partial charge in [-0.3, -0.25) is 4.79 Å². The number of aryl methyl sites for hydroxylation is 1. The first-order valence-electron chi connectivity index (χ1n) is 10.3. The van der Waals surface area contributed by atoms with Crippen molar-refractivity contribution in [3.05, 3.63) is 47.9 Å². The van der Waals surface area contributed by atoms with E-state index in [9.17, 15) is 4.79 Å². The lowest BCUT2D eigenvalue weighted by Crippen LogP contribution is -2.41. The zero-order valence-electron chi connectivity index (χ0n) is 16.4. The monoisotopic (exact) mass is 391 g/mol. The molecular formula is C22H25N5O2. The van der Waals surface area contributed by atoms with Gasteiger partial charge in [-0.15, -0.1) is 0 Å². The van der Waals surface area contributed by atoms with Crippen LogP contribution in [0.2, 0.25) is 0 Å². The molecule has 0 radical (unpaired) electrons. The number of aromatic nitrogens is 3. The second kappa shape index (κ2) is 7.73. The van der Waals surface area contributed by atoms with E-state index >= 15 is 0 Å². The number of anilines is 1. The zero-order chi connectivity index (χ0) is 19.6. The van der Waals surface area contributed by atoms with Crippen LogP contribution in [0.1, 0.15) is 35.2 Å². The minimum absolute atomic E-state index is 0.00874. The van der Waals surface area contributed by atoms with Crippen LogP contribution in [0.25, 0.3) is 11.0 Å². The van der Waals surface area contributed by atoms with E-state index in [0.717, 1.165) is 73.5 Å². The Kier molecular flexibility index (Phi) is 4.79. The number of hydrogen-bond donors (Lipinski definition) is 2. The Hall–Kier alpha value is -3.09. The number of piperidine rings is 1. The molecule has 3 aromatic rings. The fourth-order valence-electron chi connectivity index (χ4n) is 4.38. The summed E-state index contributed by atoms with van der Waals surface area (Å²) < 4.78 is 5.64. The molecule has 5 rings (SSSR count). The summed E-state index contributed by atoms with van der Waals surface area (Å²) in [5.41, 5.74) is 2.71. The van der Waals surface area contributed by atoms with Crippen molar-refractivity contribution in [3.63, 3.8) is 0 Å². The molecule has 2 aromatic heterocycles. The standard InChI is InChI=1S/C22H25N5O2/c28-22(17-5-6-19-16(11-17)4-2-10-29-19)24-12-15-3-1-9-27(13-15)21-18-7-8-23-20(18)25-14-26-21/h5-8,11,14-15H,1-4,9-10,12-13H2,(H,24,28)(H,23,25,26)/t15-/m1/s1. The highest BCUT2D eigenvalue weighted by Crippen LogP contribution is 2.27. The van der Waals surface area contributed by atoms with Gasteiger partial charge in [0, 0.05) is 31.4 Å². The third kappa shape index (κ3) is 3.64. The van der Waals surface area contributed by atoms with Crippen LogP contribution in [0.4, 0.5) is 5.82 Å². The molecule has 7 nitrogen and oxygen atoms in total. The third-order valence-corrected chi connectivity index (χ3v) is 5.87. The minimum atomic E-state index is -0.00874. The molecule has 0 aliphatic carbocycles. The van der Waals surface area contributed by atoms with Gasteiger partial charge in [0.1, 0.15) is 23.5 Å². The van der Waals surface area contributed by atoms with E-state index in [2.05, 4.69) is 25.2 Å². The normalized spacial score (nSPS) is 18.9. The number of carbonyl (C=O) groups excluding carboxylic acids is 1. The van der Waals surface area contributed by atoms with Crippen molar-refractivity contribution in [2.75, 3.05) is 31.1 Å². The molecule has 0 spiro atoms. The first-order chi connectivity index (χ1) is 14.3. The van der Waals surface area contributed by atoms with E-state index in [-0.39, 0.29) is 5.91 Å². The summed E-state index contributed by atoms with van der Waals surface area (Å²) in [4.78, 5) is 26.9. The number of amides is 1. The van der Waals surface area contributed by atoms with Crippen molar-refractivity contribution in [1.29, 1.82) is 0 Å². The summed E-state index contributed by atoms with van der Waals surface area (Å²) in [6.45, 7) is 3.30. The zero-order valence-corrected chi connectivity index (χ0v) is 16.4. The first kappa shape index (κ1) is 18.0. The second-order valence-electron chi connectivity index (χ2n) is 7.88. The molecule has 1 aromatic carbocycles. The van der Waals surface area contributed by atoms with E-state index in [1.54, 1.807) is 6.33 Å². The average Bonchev–Trinajstić information content (AvgIpc) is 3.26. The quantitative estimate of drug-likeness (QED) is 0.715. The van der Waals surface area contributed by atoms with Crippen LogP contribution in [-0.2, 0) is 6.42 Å². The molecule has 2 N–H and O–H groups in total. The molecular weight excluding hydrogens is 366 g/mol. The van der Waals surface area contributed by atoms with Gasteiger partial charge in [-0.1, -0.05) is 0 Å².